The predicted molar refractivity (Wildman–Crippen MR) is 100 cm³/mol. The Bertz CT molecular complexity index is 222. The number of hydrogen-bond acceptors (Lipinski definition) is 1. The highest BCUT2D eigenvalue weighted by atomic mass is 16.3. The van der Waals surface area contributed by atoms with Crippen molar-refractivity contribution in [3.05, 3.63) is 12.2 Å². The van der Waals surface area contributed by atoms with Crippen LogP contribution in [0.25, 0.3) is 0 Å². The molecule has 0 aliphatic carbocycles. The lowest BCUT2D eigenvalue weighted by atomic mass is 10.1. The maximum atomic E-state index is 9.46. The second-order valence-corrected chi connectivity index (χ2v) is 6.79. The standard InChI is InChI=1S/C21H42O/c1-3-5-6-7-8-9-10-11-12-13-14-15-16-17-18-19-20-21(22)4-2/h12-13,21-22H,3-11,14-20H2,1-2H3/b13-12+/t21-/m0/s1. The van der Waals surface area contributed by atoms with Gasteiger partial charge in [-0.3, -0.25) is 0 Å². The van der Waals surface area contributed by atoms with Crippen molar-refractivity contribution in [3.8, 4) is 0 Å². The number of hydrogen-bond donors (Lipinski definition) is 1. The van der Waals surface area contributed by atoms with E-state index in [2.05, 4.69) is 26.0 Å². The fourth-order valence-corrected chi connectivity index (χ4v) is 2.83. The molecule has 1 heteroatoms. The molecule has 0 aliphatic heterocycles. The lowest BCUT2D eigenvalue weighted by Crippen LogP contribution is -2.03. The first kappa shape index (κ1) is 21.7. The summed E-state index contributed by atoms with van der Waals surface area (Å²) in [5.74, 6) is 0. The number of allylic oxidation sites excluding steroid dienone is 2. The van der Waals surface area contributed by atoms with Crippen molar-refractivity contribution >= 4 is 0 Å². The van der Waals surface area contributed by atoms with Crippen molar-refractivity contribution in [1.29, 1.82) is 0 Å². The Kier molecular flexibility index (Phi) is 18.5. The summed E-state index contributed by atoms with van der Waals surface area (Å²) in [5, 5.41) is 9.46. The summed E-state index contributed by atoms with van der Waals surface area (Å²) in [7, 11) is 0. The quantitative estimate of drug-likeness (QED) is 0.223. The third-order valence-corrected chi connectivity index (χ3v) is 4.52. The zero-order valence-electron chi connectivity index (χ0n) is 15.5. The Morgan fingerprint density at radius 1 is 0.636 bits per heavy atom. The summed E-state index contributed by atoms with van der Waals surface area (Å²) in [4.78, 5) is 0. The van der Waals surface area contributed by atoms with Gasteiger partial charge in [-0.05, 0) is 38.5 Å². The highest BCUT2D eigenvalue weighted by molar-refractivity contribution is 4.81. The van der Waals surface area contributed by atoms with E-state index in [4.69, 9.17) is 0 Å². The summed E-state index contributed by atoms with van der Waals surface area (Å²) >= 11 is 0. The maximum absolute atomic E-state index is 9.46. The highest BCUT2D eigenvalue weighted by Crippen LogP contribution is 2.11. The largest absolute Gasteiger partial charge is 0.393 e. The molecule has 0 bridgehead atoms. The molecule has 0 spiro atoms. The van der Waals surface area contributed by atoms with Crippen LogP contribution in [0.2, 0.25) is 0 Å². The minimum Gasteiger partial charge on any atom is -0.393 e. The lowest BCUT2D eigenvalue weighted by molar-refractivity contribution is 0.156. The number of unbranched alkanes of at least 4 members (excludes halogenated alkanes) is 12. The molecule has 132 valence electrons. The van der Waals surface area contributed by atoms with Crippen molar-refractivity contribution < 1.29 is 5.11 Å². The molecule has 0 aromatic rings. The van der Waals surface area contributed by atoms with Gasteiger partial charge < -0.3 is 5.11 Å². The van der Waals surface area contributed by atoms with Gasteiger partial charge in [0.05, 0.1) is 6.10 Å². The molecular formula is C21H42O. The van der Waals surface area contributed by atoms with E-state index in [0.29, 0.717) is 0 Å². The average molecular weight is 311 g/mol. The van der Waals surface area contributed by atoms with Gasteiger partial charge in [0.1, 0.15) is 0 Å². The molecule has 1 N–H and O–H groups in total. The third-order valence-electron chi connectivity index (χ3n) is 4.52. The Labute approximate surface area is 140 Å². The topological polar surface area (TPSA) is 20.2 Å². The summed E-state index contributed by atoms with van der Waals surface area (Å²) in [6, 6.07) is 0. The van der Waals surface area contributed by atoms with Gasteiger partial charge in [-0.25, -0.2) is 0 Å². The van der Waals surface area contributed by atoms with Gasteiger partial charge in [0.2, 0.25) is 0 Å². The van der Waals surface area contributed by atoms with Crippen LogP contribution in [0.5, 0.6) is 0 Å². The van der Waals surface area contributed by atoms with Crippen LogP contribution in [-0.4, -0.2) is 11.2 Å². The number of aliphatic hydroxyl groups excluding tert-OH is 1. The molecule has 0 aliphatic rings. The van der Waals surface area contributed by atoms with Gasteiger partial charge in [0.15, 0.2) is 0 Å². The Hall–Kier alpha value is -0.300. The molecule has 0 fully saturated rings. The Morgan fingerprint density at radius 3 is 1.59 bits per heavy atom. The van der Waals surface area contributed by atoms with Crippen molar-refractivity contribution in [1.82, 2.24) is 0 Å². The molecular weight excluding hydrogens is 268 g/mol. The van der Waals surface area contributed by atoms with Gasteiger partial charge in [0, 0.05) is 0 Å². The van der Waals surface area contributed by atoms with Crippen LogP contribution in [0.3, 0.4) is 0 Å². The zero-order chi connectivity index (χ0) is 16.3. The molecule has 0 radical (unpaired) electrons. The highest BCUT2D eigenvalue weighted by Gasteiger charge is 1.99. The van der Waals surface area contributed by atoms with Crippen LogP contribution in [0.1, 0.15) is 117 Å². The normalized spacial score (nSPS) is 13.0. The molecule has 0 amide bonds. The SMILES string of the molecule is CCCCCCCCC/C=C/CCCCCCC[C@@H](O)CC. The monoisotopic (exact) mass is 310 g/mol. The Balaban J connectivity index is 3.08. The van der Waals surface area contributed by atoms with Crippen LogP contribution < -0.4 is 0 Å². The molecule has 0 unspecified atom stereocenters. The summed E-state index contributed by atoms with van der Waals surface area (Å²) in [6.07, 6.45) is 25.5. The van der Waals surface area contributed by atoms with Crippen LogP contribution in [0.4, 0.5) is 0 Å². The summed E-state index contributed by atoms with van der Waals surface area (Å²) in [5.41, 5.74) is 0. The first-order valence-corrected chi connectivity index (χ1v) is 10.1. The molecule has 0 saturated carbocycles. The zero-order valence-corrected chi connectivity index (χ0v) is 15.5. The first-order valence-electron chi connectivity index (χ1n) is 10.1. The van der Waals surface area contributed by atoms with E-state index >= 15 is 0 Å². The third kappa shape index (κ3) is 17.8. The van der Waals surface area contributed by atoms with Crippen LogP contribution in [0, 0.1) is 0 Å². The molecule has 0 rings (SSSR count). The molecule has 0 aromatic carbocycles. The fraction of sp³-hybridized carbons (Fsp3) is 0.905. The maximum Gasteiger partial charge on any atom is 0.0537 e. The van der Waals surface area contributed by atoms with Gasteiger partial charge in [-0.1, -0.05) is 90.2 Å². The van der Waals surface area contributed by atoms with E-state index in [1.807, 2.05) is 0 Å². The van der Waals surface area contributed by atoms with Crippen molar-refractivity contribution in [2.45, 2.75) is 123 Å². The van der Waals surface area contributed by atoms with Crippen molar-refractivity contribution in [3.63, 3.8) is 0 Å². The lowest BCUT2D eigenvalue weighted by Gasteiger charge is -2.06. The molecule has 1 atom stereocenters. The van der Waals surface area contributed by atoms with Crippen molar-refractivity contribution in [2.24, 2.45) is 0 Å². The van der Waals surface area contributed by atoms with E-state index < -0.39 is 0 Å². The van der Waals surface area contributed by atoms with Gasteiger partial charge in [0.25, 0.3) is 0 Å². The van der Waals surface area contributed by atoms with Crippen LogP contribution in [-0.2, 0) is 0 Å². The Morgan fingerprint density at radius 2 is 1.09 bits per heavy atom. The van der Waals surface area contributed by atoms with E-state index in [1.165, 1.54) is 89.9 Å². The van der Waals surface area contributed by atoms with E-state index in [-0.39, 0.29) is 6.10 Å². The van der Waals surface area contributed by atoms with E-state index in [1.54, 1.807) is 0 Å². The fourth-order valence-electron chi connectivity index (χ4n) is 2.83. The molecule has 0 aromatic heterocycles. The van der Waals surface area contributed by atoms with Crippen LogP contribution >= 0.6 is 0 Å². The number of aliphatic hydroxyl groups is 1. The minimum atomic E-state index is -0.0606. The smallest absolute Gasteiger partial charge is 0.0537 e. The average Bonchev–Trinajstić information content (AvgIpc) is 2.54. The second-order valence-electron chi connectivity index (χ2n) is 6.79. The minimum absolute atomic E-state index is 0.0606. The van der Waals surface area contributed by atoms with E-state index in [9.17, 15) is 5.11 Å². The molecule has 0 heterocycles. The first-order chi connectivity index (χ1) is 10.8. The van der Waals surface area contributed by atoms with Gasteiger partial charge in [-0.2, -0.15) is 0 Å². The van der Waals surface area contributed by atoms with Crippen LogP contribution in [0.15, 0.2) is 12.2 Å². The van der Waals surface area contributed by atoms with E-state index in [0.717, 1.165) is 12.8 Å². The van der Waals surface area contributed by atoms with Gasteiger partial charge in [-0.15, -0.1) is 0 Å². The molecule has 22 heavy (non-hydrogen) atoms. The summed E-state index contributed by atoms with van der Waals surface area (Å²) in [6.45, 7) is 4.34. The van der Waals surface area contributed by atoms with Crippen molar-refractivity contribution in [2.75, 3.05) is 0 Å². The molecule has 1 nitrogen and oxygen atoms in total. The second kappa shape index (κ2) is 18.7. The number of rotatable bonds is 17. The van der Waals surface area contributed by atoms with Gasteiger partial charge >= 0.3 is 0 Å². The molecule has 0 saturated heterocycles. The summed E-state index contributed by atoms with van der Waals surface area (Å²) < 4.78 is 0. The predicted octanol–water partition coefficient (Wildman–Crippen LogP) is 7.18.